The molecular formula is C42H74NO10P. The minimum absolute atomic E-state index is 0.0868. The van der Waals surface area contributed by atoms with Gasteiger partial charge in [0.05, 0.1) is 13.2 Å². The number of rotatable bonds is 38. The Morgan fingerprint density at radius 3 is 1.56 bits per heavy atom. The van der Waals surface area contributed by atoms with E-state index in [2.05, 4.69) is 54.8 Å². The van der Waals surface area contributed by atoms with Gasteiger partial charge in [-0.1, -0.05) is 133 Å². The van der Waals surface area contributed by atoms with Crippen molar-refractivity contribution in [1.82, 2.24) is 0 Å². The number of carbonyl (C=O) groups is 3. The predicted molar refractivity (Wildman–Crippen MR) is 217 cm³/mol. The molecule has 0 saturated heterocycles. The lowest BCUT2D eigenvalue weighted by Gasteiger charge is -2.20. The lowest BCUT2D eigenvalue weighted by Crippen LogP contribution is -2.34. The fraction of sp³-hybridized carbons (Fsp3) is 0.738. The maximum absolute atomic E-state index is 12.6. The number of aliphatic carboxylic acids is 1. The highest BCUT2D eigenvalue weighted by molar-refractivity contribution is 7.47. The Balaban J connectivity index is 4.51. The third-order valence-corrected chi connectivity index (χ3v) is 9.50. The standard InChI is InChI=1S/C42H74NO10P/c1-3-5-7-9-11-13-15-17-18-19-20-22-24-26-28-30-32-34-41(45)53-38(36-51-54(48,49)52-37-39(43)42(46)47)35-50-40(44)33-31-29-27-25-23-21-16-14-12-10-8-6-4-2/h14,16-18,20,22,26,28,38-39H,3-13,15,19,21,23-25,27,29-37,43H2,1-2H3,(H,46,47)(H,48,49)/b16-14+,18-17+,22-20+,28-26+/t38-,39+/m1/s1. The van der Waals surface area contributed by atoms with Gasteiger partial charge in [0.2, 0.25) is 0 Å². The third kappa shape index (κ3) is 36.4. The summed E-state index contributed by atoms with van der Waals surface area (Å²) in [6, 6.07) is -1.53. The third-order valence-electron chi connectivity index (χ3n) is 8.55. The van der Waals surface area contributed by atoms with Crippen LogP contribution in [-0.4, -0.2) is 59.9 Å². The van der Waals surface area contributed by atoms with Crippen LogP contribution in [0, 0.1) is 0 Å². The molecule has 0 heterocycles. The highest BCUT2D eigenvalue weighted by atomic mass is 31.2. The Kier molecular flexibility index (Phi) is 35.6. The molecule has 0 aliphatic rings. The van der Waals surface area contributed by atoms with E-state index in [9.17, 15) is 23.8 Å². The highest BCUT2D eigenvalue weighted by Crippen LogP contribution is 2.43. The van der Waals surface area contributed by atoms with Gasteiger partial charge in [-0.15, -0.1) is 0 Å². The monoisotopic (exact) mass is 784 g/mol. The second kappa shape index (κ2) is 37.4. The Morgan fingerprint density at radius 2 is 1.00 bits per heavy atom. The van der Waals surface area contributed by atoms with Crippen molar-refractivity contribution in [3.05, 3.63) is 48.6 Å². The van der Waals surface area contributed by atoms with Gasteiger partial charge < -0.3 is 25.2 Å². The summed E-state index contributed by atoms with van der Waals surface area (Å²) in [5.74, 6) is -2.46. The van der Waals surface area contributed by atoms with Gasteiger partial charge in [0.1, 0.15) is 12.6 Å². The molecule has 0 aromatic carbocycles. The molecule has 0 amide bonds. The lowest BCUT2D eigenvalue weighted by atomic mass is 10.1. The zero-order valence-corrected chi connectivity index (χ0v) is 34.4. The normalized spacial score (nSPS) is 14.3. The van der Waals surface area contributed by atoms with Gasteiger partial charge in [-0.3, -0.25) is 23.4 Å². The van der Waals surface area contributed by atoms with Gasteiger partial charge in [-0.25, -0.2) is 4.57 Å². The molecule has 0 aromatic heterocycles. The van der Waals surface area contributed by atoms with Crippen molar-refractivity contribution < 1.29 is 47.5 Å². The smallest absolute Gasteiger partial charge is 0.472 e. The molecule has 0 aliphatic heterocycles. The first kappa shape index (κ1) is 51.4. The highest BCUT2D eigenvalue weighted by Gasteiger charge is 2.28. The zero-order chi connectivity index (χ0) is 40.0. The van der Waals surface area contributed by atoms with Crippen molar-refractivity contribution in [2.75, 3.05) is 19.8 Å². The molecule has 0 rings (SSSR count). The van der Waals surface area contributed by atoms with E-state index in [1.165, 1.54) is 64.2 Å². The molecule has 0 bridgehead atoms. The van der Waals surface area contributed by atoms with Gasteiger partial charge in [0, 0.05) is 12.8 Å². The van der Waals surface area contributed by atoms with Crippen LogP contribution >= 0.6 is 7.82 Å². The average Bonchev–Trinajstić information content (AvgIpc) is 3.14. The van der Waals surface area contributed by atoms with Crippen LogP contribution in [0.1, 0.15) is 168 Å². The van der Waals surface area contributed by atoms with Crippen molar-refractivity contribution in [2.45, 2.75) is 180 Å². The Labute approximate surface area is 326 Å². The van der Waals surface area contributed by atoms with Crippen LogP contribution < -0.4 is 5.73 Å². The van der Waals surface area contributed by atoms with E-state index < -0.39 is 51.1 Å². The second-order valence-corrected chi connectivity index (χ2v) is 15.2. The van der Waals surface area contributed by atoms with Gasteiger partial charge in [0.25, 0.3) is 0 Å². The van der Waals surface area contributed by atoms with E-state index in [1.54, 1.807) is 0 Å². The summed E-state index contributed by atoms with van der Waals surface area (Å²) in [4.78, 5) is 45.8. The van der Waals surface area contributed by atoms with E-state index in [1.807, 2.05) is 12.2 Å². The first-order chi connectivity index (χ1) is 26.1. The number of hydrogen-bond acceptors (Lipinski definition) is 9. The van der Waals surface area contributed by atoms with Crippen LogP contribution in [0.5, 0.6) is 0 Å². The van der Waals surface area contributed by atoms with E-state index >= 15 is 0 Å². The molecule has 312 valence electrons. The van der Waals surface area contributed by atoms with Gasteiger partial charge >= 0.3 is 25.7 Å². The number of phosphoric ester groups is 1. The number of carboxylic acid groups (broad SMARTS) is 1. The summed E-state index contributed by atoms with van der Waals surface area (Å²) < 4.78 is 32.6. The lowest BCUT2D eigenvalue weighted by molar-refractivity contribution is -0.161. The molecule has 4 N–H and O–H groups in total. The van der Waals surface area contributed by atoms with E-state index in [4.69, 9.17) is 24.8 Å². The van der Waals surface area contributed by atoms with Crippen LogP contribution in [-0.2, 0) is 37.5 Å². The number of unbranched alkanes of at least 4 members (excludes halogenated alkanes) is 16. The topological polar surface area (TPSA) is 172 Å². The molecule has 0 aliphatic carbocycles. The molecule has 0 saturated carbocycles. The number of hydrogen-bond donors (Lipinski definition) is 3. The molecule has 0 radical (unpaired) electrons. The van der Waals surface area contributed by atoms with Gasteiger partial charge in [-0.05, 0) is 70.6 Å². The molecule has 11 nitrogen and oxygen atoms in total. The number of esters is 2. The fourth-order valence-corrected chi connectivity index (χ4v) is 6.03. The molecule has 1 unspecified atom stereocenters. The SMILES string of the molecule is CCCCCC/C=C/CCCCCCCC(=O)OC[C@H](COP(=O)(O)OC[C@H](N)C(=O)O)OC(=O)CCC/C=C/C/C=C/C/C=C/CCCCCCCC. The van der Waals surface area contributed by atoms with Crippen molar-refractivity contribution in [1.29, 1.82) is 0 Å². The summed E-state index contributed by atoms with van der Waals surface area (Å²) in [5, 5.41) is 8.87. The predicted octanol–water partition coefficient (Wildman–Crippen LogP) is 10.6. The minimum atomic E-state index is -4.73. The van der Waals surface area contributed by atoms with Crippen molar-refractivity contribution in [3.8, 4) is 0 Å². The number of nitrogens with two attached hydrogens (primary N) is 1. The first-order valence-corrected chi connectivity index (χ1v) is 22.2. The largest absolute Gasteiger partial charge is 0.480 e. The number of allylic oxidation sites excluding steroid dienone is 8. The summed E-state index contributed by atoms with van der Waals surface area (Å²) in [6.07, 6.45) is 40.4. The number of carboxylic acids is 1. The maximum Gasteiger partial charge on any atom is 0.472 e. The van der Waals surface area contributed by atoms with Crippen LogP contribution in [0.15, 0.2) is 48.6 Å². The van der Waals surface area contributed by atoms with E-state index in [0.29, 0.717) is 19.3 Å². The van der Waals surface area contributed by atoms with Crippen LogP contribution in [0.3, 0.4) is 0 Å². The van der Waals surface area contributed by atoms with Gasteiger partial charge in [-0.2, -0.15) is 0 Å². The second-order valence-electron chi connectivity index (χ2n) is 13.8. The van der Waals surface area contributed by atoms with Gasteiger partial charge in [0.15, 0.2) is 6.10 Å². The summed E-state index contributed by atoms with van der Waals surface area (Å²) in [6.45, 7) is 2.71. The molecule has 12 heteroatoms. The molecule has 54 heavy (non-hydrogen) atoms. The van der Waals surface area contributed by atoms with Crippen molar-refractivity contribution in [3.63, 3.8) is 0 Å². The van der Waals surface area contributed by atoms with Crippen LogP contribution in [0.25, 0.3) is 0 Å². The fourth-order valence-electron chi connectivity index (χ4n) is 5.25. The summed E-state index contributed by atoms with van der Waals surface area (Å²) >= 11 is 0. The average molecular weight is 784 g/mol. The zero-order valence-electron chi connectivity index (χ0n) is 33.6. The van der Waals surface area contributed by atoms with E-state index in [0.717, 1.165) is 57.8 Å². The number of carbonyl (C=O) groups excluding carboxylic acids is 2. The first-order valence-electron chi connectivity index (χ1n) is 20.7. The molecule has 3 atom stereocenters. The Morgan fingerprint density at radius 1 is 0.574 bits per heavy atom. The number of phosphoric acid groups is 1. The Hall–Kier alpha value is -2.56. The quantitative estimate of drug-likeness (QED) is 0.0235. The van der Waals surface area contributed by atoms with E-state index in [-0.39, 0.29) is 19.4 Å². The summed E-state index contributed by atoms with van der Waals surface area (Å²) in [7, 11) is -4.73. The van der Waals surface area contributed by atoms with Crippen molar-refractivity contribution in [2.24, 2.45) is 5.73 Å². The Bertz CT molecular complexity index is 1110. The van der Waals surface area contributed by atoms with Crippen LogP contribution in [0.2, 0.25) is 0 Å². The minimum Gasteiger partial charge on any atom is -0.480 e. The molecular weight excluding hydrogens is 709 g/mol. The number of ether oxygens (including phenoxy) is 2. The molecule has 0 spiro atoms. The molecule has 0 aromatic rings. The summed E-state index contributed by atoms with van der Waals surface area (Å²) in [5.41, 5.74) is 5.32. The maximum atomic E-state index is 12.6. The van der Waals surface area contributed by atoms with Crippen molar-refractivity contribution >= 4 is 25.7 Å². The molecule has 0 fully saturated rings. The van der Waals surface area contributed by atoms with Crippen LogP contribution in [0.4, 0.5) is 0 Å².